The first-order valence-corrected chi connectivity index (χ1v) is 6.39. The molecule has 2 amide bonds. The Morgan fingerprint density at radius 2 is 1.95 bits per heavy atom. The molecule has 3 N–H and O–H groups in total. The third kappa shape index (κ3) is 4.51. The molecule has 1 saturated heterocycles. The summed E-state index contributed by atoms with van der Waals surface area (Å²) in [7, 11) is 0. The van der Waals surface area contributed by atoms with Crippen molar-refractivity contribution in [2.75, 3.05) is 19.8 Å². The number of carbonyl (C=O) groups excluding carboxylic acids is 2. The van der Waals surface area contributed by atoms with Gasteiger partial charge in [0.25, 0.3) is 0 Å². The normalized spacial score (nSPS) is 21.9. The summed E-state index contributed by atoms with van der Waals surface area (Å²) >= 11 is 0. The van der Waals surface area contributed by atoms with Gasteiger partial charge in [-0.2, -0.15) is 0 Å². The molecule has 1 atom stereocenters. The highest BCUT2D eigenvalue weighted by atomic mass is 16.5. The standard InChI is InChI=1S/C12H20N2O5/c1-2-13-9(15)4-3-5-10(16)14-12(11(17)18)6-7-19-8-12/h2-8H2,1H3,(H,13,15)(H,14,16)(H,17,18). The number of amides is 2. The van der Waals surface area contributed by atoms with Crippen LogP contribution in [-0.2, 0) is 19.1 Å². The van der Waals surface area contributed by atoms with Crippen molar-refractivity contribution in [3.63, 3.8) is 0 Å². The molecule has 7 nitrogen and oxygen atoms in total. The fourth-order valence-corrected chi connectivity index (χ4v) is 1.91. The molecule has 0 aliphatic carbocycles. The Kier molecular flexibility index (Phi) is 5.75. The van der Waals surface area contributed by atoms with Gasteiger partial charge in [0.1, 0.15) is 0 Å². The Labute approximate surface area is 111 Å². The molecule has 1 fully saturated rings. The number of ether oxygens (including phenoxy) is 1. The first-order chi connectivity index (χ1) is 9.00. The van der Waals surface area contributed by atoms with Gasteiger partial charge >= 0.3 is 5.97 Å². The van der Waals surface area contributed by atoms with Crippen molar-refractivity contribution in [2.45, 2.75) is 38.1 Å². The molecule has 0 aromatic rings. The molecule has 1 unspecified atom stereocenters. The van der Waals surface area contributed by atoms with Crippen molar-refractivity contribution in [3.05, 3.63) is 0 Å². The van der Waals surface area contributed by atoms with Gasteiger partial charge in [-0.25, -0.2) is 4.79 Å². The Bertz CT molecular complexity index is 350. The number of hydrogen-bond acceptors (Lipinski definition) is 4. The number of aliphatic carboxylic acids is 1. The van der Waals surface area contributed by atoms with E-state index in [0.29, 0.717) is 19.6 Å². The van der Waals surface area contributed by atoms with Gasteiger partial charge in [0.2, 0.25) is 11.8 Å². The molecule has 7 heteroatoms. The molecule has 0 saturated carbocycles. The van der Waals surface area contributed by atoms with Crippen LogP contribution in [0.3, 0.4) is 0 Å². The SMILES string of the molecule is CCNC(=O)CCCC(=O)NC1(C(=O)O)CCOC1. The van der Waals surface area contributed by atoms with Crippen LogP contribution in [0.5, 0.6) is 0 Å². The quantitative estimate of drug-likeness (QED) is 0.587. The molecule has 1 rings (SSSR count). The predicted molar refractivity (Wildman–Crippen MR) is 66.5 cm³/mol. The molecule has 0 radical (unpaired) electrons. The van der Waals surface area contributed by atoms with Gasteiger partial charge in [0, 0.05) is 32.4 Å². The highest BCUT2D eigenvalue weighted by molar-refractivity contribution is 5.87. The zero-order valence-corrected chi connectivity index (χ0v) is 11.0. The minimum atomic E-state index is -1.30. The zero-order valence-electron chi connectivity index (χ0n) is 11.0. The molecule has 19 heavy (non-hydrogen) atoms. The van der Waals surface area contributed by atoms with Crippen LogP contribution in [0.1, 0.15) is 32.6 Å². The number of rotatable bonds is 7. The Hall–Kier alpha value is -1.63. The van der Waals surface area contributed by atoms with Gasteiger partial charge in [-0.3, -0.25) is 9.59 Å². The number of hydrogen-bond donors (Lipinski definition) is 3. The van der Waals surface area contributed by atoms with Crippen LogP contribution in [0.25, 0.3) is 0 Å². The van der Waals surface area contributed by atoms with Crippen molar-refractivity contribution in [2.24, 2.45) is 0 Å². The lowest BCUT2D eigenvalue weighted by Crippen LogP contribution is -2.55. The molecule has 1 aliphatic heterocycles. The number of carboxylic acid groups (broad SMARTS) is 1. The fraction of sp³-hybridized carbons (Fsp3) is 0.750. The monoisotopic (exact) mass is 272 g/mol. The van der Waals surface area contributed by atoms with E-state index in [2.05, 4.69) is 10.6 Å². The maximum absolute atomic E-state index is 11.7. The molecule has 1 heterocycles. The van der Waals surface area contributed by atoms with Crippen LogP contribution in [0, 0.1) is 0 Å². The van der Waals surface area contributed by atoms with Crippen molar-refractivity contribution in [1.29, 1.82) is 0 Å². The summed E-state index contributed by atoms with van der Waals surface area (Å²) < 4.78 is 5.04. The summed E-state index contributed by atoms with van der Waals surface area (Å²) in [5.41, 5.74) is -1.30. The lowest BCUT2D eigenvalue weighted by Gasteiger charge is -2.23. The second-order valence-electron chi connectivity index (χ2n) is 4.55. The number of carbonyl (C=O) groups is 3. The molecule has 0 aromatic carbocycles. The van der Waals surface area contributed by atoms with Gasteiger partial charge in [0.05, 0.1) is 6.61 Å². The summed E-state index contributed by atoms with van der Waals surface area (Å²) in [5.74, 6) is -1.55. The summed E-state index contributed by atoms with van der Waals surface area (Å²) in [6.45, 7) is 2.70. The molecular formula is C12H20N2O5. The van der Waals surface area contributed by atoms with Crippen LogP contribution in [-0.4, -0.2) is 48.2 Å². The van der Waals surface area contributed by atoms with Crippen molar-refractivity contribution < 1.29 is 24.2 Å². The second-order valence-corrected chi connectivity index (χ2v) is 4.55. The zero-order chi connectivity index (χ0) is 14.3. The highest BCUT2D eigenvalue weighted by Gasteiger charge is 2.43. The summed E-state index contributed by atoms with van der Waals surface area (Å²) in [5, 5.41) is 14.3. The average molecular weight is 272 g/mol. The first kappa shape index (κ1) is 15.4. The second kappa shape index (κ2) is 7.08. The summed E-state index contributed by atoms with van der Waals surface area (Å²) in [6, 6.07) is 0. The van der Waals surface area contributed by atoms with E-state index in [0.717, 1.165) is 0 Å². The van der Waals surface area contributed by atoms with Crippen LogP contribution in [0.4, 0.5) is 0 Å². The first-order valence-electron chi connectivity index (χ1n) is 6.39. The van der Waals surface area contributed by atoms with E-state index in [1.54, 1.807) is 0 Å². The van der Waals surface area contributed by atoms with E-state index in [-0.39, 0.29) is 37.7 Å². The fourth-order valence-electron chi connectivity index (χ4n) is 1.91. The van der Waals surface area contributed by atoms with E-state index in [1.165, 1.54) is 0 Å². The van der Waals surface area contributed by atoms with Gasteiger partial charge in [-0.1, -0.05) is 0 Å². The predicted octanol–water partition coefficient (Wildman–Crippen LogP) is -0.347. The minimum Gasteiger partial charge on any atom is -0.479 e. The summed E-state index contributed by atoms with van der Waals surface area (Å²) in [6.07, 6.45) is 1.06. The van der Waals surface area contributed by atoms with Crippen LogP contribution in [0.15, 0.2) is 0 Å². The van der Waals surface area contributed by atoms with Crippen LogP contribution in [0.2, 0.25) is 0 Å². The Balaban J connectivity index is 2.34. The van der Waals surface area contributed by atoms with Gasteiger partial charge in [-0.05, 0) is 13.3 Å². The topological polar surface area (TPSA) is 105 Å². The molecule has 0 bridgehead atoms. The van der Waals surface area contributed by atoms with Crippen LogP contribution >= 0.6 is 0 Å². The van der Waals surface area contributed by atoms with E-state index in [9.17, 15) is 14.4 Å². The van der Waals surface area contributed by atoms with Gasteiger partial charge in [0.15, 0.2) is 5.54 Å². The number of nitrogens with one attached hydrogen (secondary N) is 2. The molecule has 0 spiro atoms. The van der Waals surface area contributed by atoms with Crippen LogP contribution < -0.4 is 10.6 Å². The van der Waals surface area contributed by atoms with E-state index < -0.39 is 11.5 Å². The van der Waals surface area contributed by atoms with Gasteiger partial charge < -0.3 is 20.5 Å². The summed E-state index contributed by atoms with van der Waals surface area (Å²) in [4.78, 5) is 34.0. The maximum Gasteiger partial charge on any atom is 0.331 e. The number of carboxylic acids is 1. The van der Waals surface area contributed by atoms with E-state index in [4.69, 9.17) is 9.84 Å². The Morgan fingerprint density at radius 3 is 2.47 bits per heavy atom. The third-order valence-corrected chi connectivity index (χ3v) is 2.99. The van der Waals surface area contributed by atoms with Gasteiger partial charge in [-0.15, -0.1) is 0 Å². The Morgan fingerprint density at radius 1 is 1.26 bits per heavy atom. The highest BCUT2D eigenvalue weighted by Crippen LogP contribution is 2.19. The molecular weight excluding hydrogens is 252 g/mol. The van der Waals surface area contributed by atoms with E-state index >= 15 is 0 Å². The van der Waals surface area contributed by atoms with Crippen molar-refractivity contribution in [1.82, 2.24) is 10.6 Å². The molecule has 1 aliphatic rings. The lowest BCUT2D eigenvalue weighted by atomic mass is 9.98. The minimum absolute atomic E-state index is 0.00953. The third-order valence-electron chi connectivity index (χ3n) is 2.99. The largest absolute Gasteiger partial charge is 0.479 e. The van der Waals surface area contributed by atoms with Crippen molar-refractivity contribution >= 4 is 17.8 Å². The lowest BCUT2D eigenvalue weighted by molar-refractivity contribution is -0.147. The molecule has 0 aromatic heterocycles. The maximum atomic E-state index is 11.7. The molecule has 108 valence electrons. The van der Waals surface area contributed by atoms with E-state index in [1.807, 2.05) is 6.92 Å². The van der Waals surface area contributed by atoms with Crippen molar-refractivity contribution in [3.8, 4) is 0 Å². The average Bonchev–Trinajstić information content (AvgIpc) is 2.79. The smallest absolute Gasteiger partial charge is 0.331 e.